The van der Waals surface area contributed by atoms with Crippen molar-refractivity contribution in [3.8, 4) is 11.3 Å². The van der Waals surface area contributed by atoms with Gasteiger partial charge in [0.15, 0.2) is 0 Å². The van der Waals surface area contributed by atoms with Crippen molar-refractivity contribution >= 4 is 34.4 Å². The zero-order chi connectivity index (χ0) is 18.9. The minimum Gasteiger partial charge on any atom is -0.363 e. The van der Waals surface area contributed by atoms with Crippen LogP contribution in [0.2, 0.25) is 5.02 Å². The first-order valence-corrected chi connectivity index (χ1v) is 9.52. The monoisotopic (exact) mass is 381 g/mol. The van der Waals surface area contributed by atoms with Crippen molar-refractivity contribution in [3.63, 3.8) is 0 Å². The number of halogens is 1. The number of fused-ring (bicyclic) bond motifs is 2. The van der Waals surface area contributed by atoms with Crippen molar-refractivity contribution in [3.05, 3.63) is 40.2 Å². The molecule has 0 saturated heterocycles. The topological polar surface area (TPSA) is 82.7 Å². The van der Waals surface area contributed by atoms with Crippen LogP contribution in [-0.2, 0) is 0 Å². The van der Waals surface area contributed by atoms with Gasteiger partial charge in [-0.1, -0.05) is 23.7 Å². The van der Waals surface area contributed by atoms with Crippen LogP contribution in [0.15, 0.2) is 18.2 Å². The van der Waals surface area contributed by atoms with E-state index in [0.717, 1.165) is 52.3 Å². The van der Waals surface area contributed by atoms with Crippen LogP contribution in [-0.4, -0.2) is 26.4 Å². The van der Waals surface area contributed by atoms with E-state index in [-0.39, 0.29) is 17.5 Å². The molecule has 7 heteroatoms. The summed E-state index contributed by atoms with van der Waals surface area (Å²) in [5, 5.41) is 6.83. The third-order valence-corrected chi connectivity index (χ3v) is 5.91. The van der Waals surface area contributed by atoms with Gasteiger partial charge in [-0.15, -0.1) is 0 Å². The Morgan fingerprint density at radius 1 is 1.30 bits per heavy atom. The summed E-state index contributed by atoms with van der Waals surface area (Å²) in [5.41, 5.74) is 5.48. The lowest BCUT2D eigenvalue weighted by atomic mass is 10.1. The molecule has 1 atom stereocenters. The predicted molar refractivity (Wildman–Crippen MR) is 106 cm³/mol. The number of rotatable bonds is 3. The molecule has 138 valence electrons. The molecule has 2 aliphatic rings. The number of para-hydroxylation sites is 1. The first-order chi connectivity index (χ1) is 12.9. The van der Waals surface area contributed by atoms with E-state index < -0.39 is 0 Å². The van der Waals surface area contributed by atoms with Crippen LogP contribution in [0.4, 0.5) is 5.82 Å². The number of aromatic nitrogens is 3. The number of nitrogens with zero attached hydrogens (tertiary/aromatic N) is 2. The molecule has 3 aromatic rings. The van der Waals surface area contributed by atoms with Crippen LogP contribution in [0.1, 0.15) is 54.5 Å². The summed E-state index contributed by atoms with van der Waals surface area (Å²) in [6.45, 7) is 6.09. The van der Waals surface area contributed by atoms with Crippen molar-refractivity contribution < 1.29 is 4.79 Å². The Morgan fingerprint density at radius 3 is 2.78 bits per heavy atom. The number of amides is 1. The molecule has 1 unspecified atom stereocenters. The van der Waals surface area contributed by atoms with E-state index in [1.165, 1.54) is 0 Å². The predicted octanol–water partition coefficient (Wildman–Crippen LogP) is 4.36. The number of aryl methyl sites for hydroxylation is 1. The van der Waals surface area contributed by atoms with Gasteiger partial charge in [0.05, 0.1) is 39.2 Å². The Kier molecular flexibility index (Phi) is 3.35. The highest BCUT2D eigenvalue weighted by atomic mass is 35.5. The summed E-state index contributed by atoms with van der Waals surface area (Å²) in [4.78, 5) is 25.2. The van der Waals surface area contributed by atoms with E-state index in [2.05, 4.69) is 22.5 Å². The Labute approximate surface area is 161 Å². The average molecular weight is 382 g/mol. The largest absolute Gasteiger partial charge is 0.363 e. The summed E-state index contributed by atoms with van der Waals surface area (Å²) in [7, 11) is 0. The van der Waals surface area contributed by atoms with Crippen molar-refractivity contribution in [2.75, 3.05) is 5.32 Å². The molecule has 3 N–H and O–H groups in total. The summed E-state index contributed by atoms with van der Waals surface area (Å²) >= 11 is 6.60. The van der Waals surface area contributed by atoms with Crippen molar-refractivity contribution in [1.29, 1.82) is 0 Å². The van der Waals surface area contributed by atoms with E-state index in [1.807, 2.05) is 32.0 Å². The van der Waals surface area contributed by atoms with Crippen LogP contribution in [0.25, 0.3) is 22.3 Å². The maximum Gasteiger partial charge on any atom is 0.255 e. The second kappa shape index (κ2) is 5.45. The van der Waals surface area contributed by atoms with Crippen LogP contribution < -0.4 is 10.6 Å². The molecule has 3 heterocycles. The minimum absolute atomic E-state index is 0.0888. The quantitative estimate of drug-likeness (QED) is 0.629. The normalized spacial score (nSPS) is 19.9. The lowest BCUT2D eigenvalue weighted by molar-refractivity contribution is 0.0958. The van der Waals surface area contributed by atoms with E-state index >= 15 is 0 Å². The third-order valence-electron chi connectivity index (χ3n) is 5.53. The number of carbonyl (C=O) groups excluding carboxylic acids is 1. The first-order valence-electron chi connectivity index (χ1n) is 9.14. The number of nitrogens with one attached hydrogen (secondary N) is 3. The molecule has 1 aliphatic heterocycles. The van der Waals surface area contributed by atoms with Crippen LogP contribution in [0.3, 0.4) is 0 Å². The third kappa shape index (κ3) is 2.51. The van der Waals surface area contributed by atoms with Gasteiger partial charge in [0.25, 0.3) is 5.91 Å². The van der Waals surface area contributed by atoms with E-state index in [9.17, 15) is 4.79 Å². The molecule has 1 aromatic carbocycles. The Bertz CT molecular complexity index is 1120. The van der Waals surface area contributed by atoms with Crippen LogP contribution >= 0.6 is 11.6 Å². The van der Waals surface area contributed by atoms with Gasteiger partial charge in [-0.2, -0.15) is 0 Å². The maximum absolute atomic E-state index is 12.2. The highest BCUT2D eigenvalue weighted by Crippen LogP contribution is 2.41. The molecule has 2 aromatic heterocycles. The van der Waals surface area contributed by atoms with Gasteiger partial charge in [0, 0.05) is 11.1 Å². The summed E-state index contributed by atoms with van der Waals surface area (Å²) in [6.07, 6.45) is 2.27. The Hall–Kier alpha value is -2.60. The van der Waals surface area contributed by atoms with Gasteiger partial charge in [-0.05, 0) is 39.7 Å². The molecule has 5 rings (SSSR count). The number of aromatic amines is 1. The highest BCUT2D eigenvalue weighted by Gasteiger charge is 2.38. The van der Waals surface area contributed by atoms with Crippen molar-refractivity contribution in [2.24, 2.45) is 0 Å². The molecule has 0 radical (unpaired) electrons. The van der Waals surface area contributed by atoms with Gasteiger partial charge in [-0.3, -0.25) is 4.79 Å². The fourth-order valence-electron chi connectivity index (χ4n) is 3.65. The van der Waals surface area contributed by atoms with Crippen LogP contribution in [0, 0.1) is 6.92 Å². The molecule has 1 aliphatic carbocycles. The number of hydrogen-bond donors (Lipinski definition) is 3. The molecular formula is C20H20ClN5O. The zero-order valence-electron chi connectivity index (χ0n) is 15.4. The molecule has 6 nitrogen and oxygen atoms in total. The average Bonchev–Trinajstić information content (AvgIpc) is 3.13. The molecule has 0 spiro atoms. The van der Waals surface area contributed by atoms with Gasteiger partial charge in [0.1, 0.15) is 11.3 Å². The van der Waals surface area contributed by atoms with E-state index in [4.69, 9.17) is 21.6 Å². The lowest BCUT2D eigenvalue weighted by Crippen LogP contribution is -2.18. The highest BCUT2D eigenvalue weighted by molar-refractivity contribution is 6.37. The SMILES string of the molecule is Cc1nc2cccc(-c3[nH]c4c(c3Cl)C(=O)NC4C)c2nc1NC1(C)CC1. The number of carbonyl (C=O) groups is 1. The van der Waals surface area contributed by atoms with Crippen molar-refractivity contribution in [2.45, 2.75) is 45.2 Å². The molecule has 1 fully saturated rings. The van der Waals surface area contributed by atoms with Crippen molar-refractivity contribution in [1.82, 2.24) is 20.3 Å². The minimum atomic E-state index is -0.142. The molecular weight excluding hydrogens is 362 g/mol. The second-order valence-corrected chi connectivity index (χ2v) is 8.19. The lowest BCUT2D eigenvalue weighted by Gasteiger charge is -2.15. The summed E-state index contributed by atoms with van der Waals surface area (Å²) < 4.78 is 0. The Morgan fingerprint density at radius 2 is 2.07 bits per heavy atom. The smallest absolute Gasteiger partial charge is 0.255 e. The Balaban J connectivity index is 1.70. The molecule has 1 saturated carbocycles. The standard InChI is InChI=1S/C20H20ClN5O/c1-9-15-13(19(27)23-9)14(21)17(24-15)11-5-4-6-12-16(11)25-18(10(2)22-12)26-20(3)7-8-20/h4-6,9,24H,7-8H2,1-3H3,(H,23,27)(H,25,26). The number of anilines is 1. The summed E-state index contributed by atoms with van der Waals surface area (Å²) in [5.74, 6) is 0.660. The van der Waals surface area contributed by atoms with E-state index in [0.29, 0.717) is 10.6 Å². The molecule has 0 bridgehead atoms. The zero-order valence-corrected chi connectivity index (χ0v) is 16.2. The van der Waals surface area contributed by atoms with Crippen LogP contribution in [0.5, 0.6) is 0 Å². The second-order valence-electron chi connectivity index (χ2n) is 7.81. The number of benzene rings is 1. The fourth-order valence-corrected chi connectivity index (χ4v) is 3.99. The first kappa shape index (κ1) is 16.6. The maximum atomic E-state index is 12.2. The summed E-state index contributed by atoms with van der Waals surface area (Å²) in [6, 6.07) is 5.76. The molecule has 1 amide bonds. The van der Waals surface area contributed by atoms with Gasteiger partial charge in [0.2, 0.25) is 0 Å². The number of hydrogen-bond acceptors (Lipinski definition) is 4. The van der Waals surface area contributed by atoms with Gasteiger partial charge >= 0.3 is 0 Å². The molecule has 27 heavy (non-hydrogen) atoms. The van der Waals surface area contributed by atoms with Gasteiger partial charge in [-0.25, -0.2) is 9.97 Å². The van der Waals surface area contributed by atoms with E-state index in [1.54, 1.807) is 0 Å². The van der Waals surface area contributed by atoms with Gasteiger partial charge < -0.3 is 15.6 Å². The fraction of sp³-hybridized carbons (Fsp3) is 0.350. The number of H-pyrrole nitrogens is 1.